The molecule has 10 heteroatoms. The lowest BCUT2D eigenvalue weighted by Crippen LogP contribution is -2.25. The zero-order chi connectivity index (χ0) is 14.9. The minimum atomic E-state index is -4.15. The van der Waals surface area contributed by atoms with Crippen LogP contribution in [0, 0.1) is 0 Å². The number of aromatic nitrogens is 2. The maximum absolute atomic E-state index is 11.2. The highest BCUT2D eigenvalue weighted by Gasteiger charge is 2.12. The quantitative estimate of drug-likeness (QED) is 0.398. The second kappa shape index (κ2) is 8.78. The Morgan fingerprint density at radius 2 is 2.11 bits per heavy atom. The lowest BCUT2D eigenvalue weighted by Gasteiger charge is -2.07. The number of rotatable bonds is 5. The maximum Gasteiger partial charge on any atom is 0.350 e. The topological polar surface area (TPSA) is 148 Å². The summed E-state index contributed by atoms with van der Waals surface area (Å²) in [6.45, 7) is 2.10. The summed E-state index contributed by atoms with van der Waals surface area (Å²) in [5, 5.41) is 7.57. The van der Waals surface area contributed by atoms with Gasteiger partial charge in [0.05, 0.1) is 13.2 Å². The number of nitrogens with zero attached hydrogens (tertiary/aromatic N) is 2. The second-order valence-electron chi connectivity index (χ2n) is 3.35. The molecule has 1 aromatic heterocycles. The predicted octanol–water partition coefficient (Wildman–Crippen LogP) is -1.02. The Kier molecular flexibility index (Phi) is 8.21. The van der Waals surface area contributed by atoms with Crippen molar-refractivity contribution in [1.29, 1.82) is 0 Å². The maximum atomic E-state index is 11.2. The number of aliphatic hydroxyl groups is 1. The summed E-state index contributed by atoms with van der Waals surface area (Å²) >= 11 is 0. The zero-order valence-corrected chi connectivity index (χ0v) is 11.4. The number of hydrogen-bond acceptors (Lipinski definition) is 6. The van der Waals surface area contributed by atoms with E-state index < -0.39 is 19.6 Å². The fourth-order valence-electron chi connectivity index (χ4n) is 0.959. The lowest BCUT2D eigenvalue weighted by molar-refractivity contribution is 0.147. The van der Waals surface area contributed by atoms with Crippen molar-refractivity contribution < 1.29 is 24.2 Å². The van der Waals surface area contributed by atoms with Crippen LogP contribution in [0.2, 0.25) is 0 Å². The number of aliphatic hydroxyl groups excluding tert-OH is 1. The van der Waals surface area contributed by atoms with E-state index in [1.54, 1.807) is 6.92 Å². The van der Waals surface area contributed by atoms with Gasteiger partial charge in [0, 0.05) is 12.8 Å². The van der Waals surface area contributed by atoms with Gasteiger partial charge in [0.25, 0.3) is 0 Å². The Hall–Kier alpha value is -1.25. The van der Waals surface area contributed by atoms with E-state index in [1.807, 2.05) is 0 Å². The third-order valence-electron chi connectivity index (χ3n) is 1.63. The zero-order valence-electron chi connectivity index (χ0n) is 10.5. The van der Waals surface area contributed by atoms with E-state index in [0.29, 0.717) is 0 Å². The average Bonchev–Trinajstić information content (AvgIpc) is 2.26. The van der Waals surface area contributed by atoms with Crippen molar-refractivity contribution in [2.24, 2.45) is 0 Å². The van der Waals surface area contributed by atoms with Crippen molar-refractivity contribution in [3.8, 4) is 0 Å². The van der Waals surface area contributed by atoms with Gasteiger partial charge in [-0.3, -0.25) is 9.13 Å². The highest BCUT2D eigenvalue weighted by molar-refractivity contribution is 7.51. The summed E-state index contributed by atoms with van der Waals surface area (Å²) in [7, 11) is -4.15. The van der Waals surface area contributed by atoms with Crippen molar-refractivity contribution in [2.75, 3.05) is 25.3 Å². The van der Waals surface area contributed by atoms with Crippen LogP contribution in [0.15, 0.2) is 17.1 Å². The molecule has 0 aliphatic rings. The van der Waals surface area contributed by atoms with Crippen molar-refractivity contribution in [3.05, 3.63) is 22.7 Å². The molecule has 0 aliphatic heterocycles. The smallest absolute Gasteiger partial charge is 0.350 e. The standard InChI is InChI=1S/C7H12N3O5P.C2H6O/c8-6-1-2-10(7(11)9-6)3-4-15-5-16(12,13)14;1-2-3/h1-2H,3-5H2,(H2,8,9,11)(H2,12,13,14);3H,2H2,1H3. The van der Waals surface area contributed by atoms with Crippen LogP contribution in [0.3, 0.4) is 0 Å². The van der Waals surface area contributed by atoms with Crippen LogP contribution >= 0.6 is 7.60 Å². The van der Waals surface area contributed by atoms with E-state index in [0.717, 1.165) is 0 Å². The normalized spacial score (nSPS) is 10.7. The SMILES string of the molecule is CCO.Nc1ccn(CCOCP(=O)(O)O)c(=O)n1. The summed E-state index contributed by atoms with van der Waals surface area (Å²) < 4.78 is 16.4. The molecule has 0 saturated carbocycles. The van der Waals surface area contributed by atoms with E-state index in [2.05, 4.69) is 4.98 Å². The van der Waals surface area contributed by atoms with Gasteiger partial charge in [-0.15, -0.1) is 0 Å². The molecule has 1 aromatic rings. The van der Waals surface area contributed by atoms with E-state index in [-0.39, 0.29) is 25.6 Å². The molecule has 9 nitrogen and oxygen atoms in total. The predicted molar refractivity (Wildman–Crippen MR) is 68.5 cm³/mol. The van der Waals surface area contributed by atoms with Gasteiger partial charge in [-0.25, -0.2) is 4.79 Å². The van der Waals surface area contributed by atoms with Crippen molar-refractivity contribution in [2.45, 2.75) is 13.5 Å². The Morgan fingerprint density at radius 1 is 1.53 bits per heavy atom. The number of nitrogens with two attached hydrogens (primary N) is 1. The summed E-state index contributed by atoms with van der Waals surface area (Å²) in [6, 6.07) is 1.45. The van der Waals surface area contributed by atoms with Gasteiger partial charge in [-0.1, -0.05) is 0 Å². The summed E-state index contributed by atoms with van der Waals surface area (Å²) in [5.41, 5.74) is 4.75. The molecular weight excluding hydrogens is 277 g/mol. The van der Waals surface area contributed by atoms with Crippen LogP contribution in [0.4, 0.5) is 5.82 Å². The van der Waals surface area contributed by atoms with Crippen LogP contribution < -0.4 is 11.4 Å². The Bertz CT molecular complexity index is 471. The monoisotopic (exact) mass is 295 g/mol. The van der Waals surface area contributed by atoms with Gasteiger partial charge < -0.3 is 25.4 Å². The van der Waals surface area contributed by atoms with Crippen LogP contribution in [-0.2, 0) is 15.8 Å². The molecule has 0 saturated heterocycles. The first-order valence-corrected chi connectivity index (χ1v) is 7.16. The average molecular weight is 295 g/mol. The molecule has 0 unspecified atom stereocenters. The molecule has 110 valence electrons. The summed E-state index contributed by atoms with van der Waals surface area (Å²) in [5.74, 6) is 0.123. The largest absolute Gasteiger partial charge is 0.397 e. The fraction of sp³-hybridized carbons (Fsp3) is 0.556. The van der Waals surface area contributed by atoms with Crippen molar-refractivity contribution in [3.63, 3.8) is 0 Å². The molecule has 1 rings (SSSR count). The molecule has 0 radical (unpaired) electrons. The van der Waals surface area contributed by atoms with Crippen LogP contribution in [-0.4, -0.2) is 44.0 Å². The summed E-state index contributed by atoms with van der Waals surface area (Å²) in [6.07, 6.45) is 0.773. The minimum Gasteiger partial charge on any atom is -0.397 e. The lowest BCUT2D eigenvalue weighted by atomic mass is 10.5. The van der Waals surface area contributed by atoms with E-state index in [4.69, 9.17) is 25.4 Å². The van der Waals surface area contributed by atoms with Gasteiger partial charge >= 0.3 is 13.3 Å². The Morgan fingerprint density at radius 3 is 2.58 bits per heavy atom. The third-order valence-corrected chi connectivity index (χ3v) is 2.15. The van der Waals surface area contributed by atoms with E-state index >= 15 is 0 Å². The third kappa shape index (κ3) is 9.34. The highest BCUT2D eigenvalue weighted by atomic mass is 31.2. The first-order chi connectivity index (χ1) is 8.80. The molecule has 19 heavy (non-hydrogen) atoms. The van der Waals surface area contributed by atoms with Gasteiger partial charge in [0.2, 0.25) is 0 Å². The van der Waals surface area contributed by atoms with Gasteiger partial charge in [-0.2, -0.15) is 4.98 Å². The number of nitrogen functional groups attached to an aromatic ring is 1. The number of anilines is 1. The minimum absolute atomic E-state index is 0.0105. The van der Waals surface area contributed by atoms with Gasteiger partial charge in [0.1, 0.15) is 12.2 Å². The van der Waals surface area contributed by atoms with Gasteiger partial charge in [0.15, 0.2) is 0 Å². The molecule has 0 bridgehead atoms. The molecule has 1 heterocycles. The molecule has 0 aliphatic carbocycles. The highest BCUT2D eigenvalue weighted by Crippen LogP contribution is 2.33. The first-order valence-electron chi connectivity index (χ1n) is 5.36. The van der Waals surface area contributed by atoms with Crippen LogP contribution in [0.5, 0.6) is 0 Å². The molecule has 5 N–H and O–H groups in total. The van der Waals surface area contributed by atoms with E-state index in [9.17, 15) is 9.36 Å². The molecule has 0 amide bonds. The fourth-order valence-corrected chi connectivity index (χ4v) is 1.33. The van der Waals surface area contributed by atoms with Crippen molar-refractivity contribution >= 4 is 13.4 Å². The van der Waals surface area contributed by atoms with E-state index in [1.165, 1.54) is 16.8 Å². The number of ether oxygens (including phenoxy) is 1. The molecule has 0 atom stereocenters. The Balaban J connectivity index is 0.000000982. The van der Waals surface area contributed by atoms with Gasteiger partial charge in [-0.05, 0) is 13.0 Å². The Labute approximate surface area is 109 Å². The van der Waals surface area contributed by atoms with Crippen LogP contribution in [0.25, 0.3) is 0 Å². The van der Waals surface area contributed by atoms with Crippen LogP contribution in [0.1, 0.15) is 6.92 Å². The second-order valence-corrected chi connectivity index (χ2v) is 4.93. The molecule has 0 fully saturated rings. The molecule has 0 spiro atoms. The first kappa shape index (κ1) is 17.8. The molecule has 0 aromatic carbocycles. The summed E-state index contributed by atoms with van der Waals surface area (Å²) in [4.78, 5) is 31.7. The number of hydrogen-bond donors (Lipinski definition) is 4. The van der Waals surface area contributed by atoms with Crippen molar-refractivity contribution in [1.82, 2.24) is 9.55 Å². The molecular formula is C9H18N3O6P.